The fourth-order valence-electron chi connectivity index (χ4n) is 2.89. The second kappa shape index (κ2) is 6.61. The first-order chi connectivity index (χ1) is 12.0. The Kier molecular flexibility index (Phi) is 4.51. The summed E-state index contributed by atoms with van der Waals surface area (Å²) in [5.74, 6) is -0.607. The van der Waals surface area contributed by atoms with Gasteiger partial charge in [-0.15, -0.1) is 0 Å². The maximum atomic E-state index is 12.8. The van der Waals surface area contributed by atoms with Crippen molar-refractivity contribution in [2.45, 2.75) is 6.92 Å². The predicted octanol–water partition coefficient (Wildman–Crippen LogP) is 3.59. The van der Waals surface area contributed by atoms with Crippen molar-refractivity contribution in [1.29, 1.82) is 0 Å². The molecule has 0 amide bonds. The lowest BCUT2D eigenvalue weighted by Gasteiger charge is -2.18. The first-order valence-corrected chi connectivity index (χ1v) is 8.07. The van der Waals surface area contributed by atoms with Crippen LogP contribution in [0.25, 0.3) is 21.9 Å². The molecule has 0 saturated carbocycles. The number of fused-ring (bicyclic) bond motifs is 1. The highest BCUT2D eigenvalue weighted by Gasteiger charge is 2.24. The molecule has 6 heteroatoms. The zero-order valence-corrected chi connectivity index (χ0v) is 14.8. The second-order valence-electron chi connectivity index (χ2n) is 5.64. The monoisotopic (exact) mass is 356 g/mol. The van der Waals surface area contributed by atoms with Crippen LogP contribution in [0.5, 0.6) is 0 Å². The number of esters is 1. The first kappa shape index (κ1) is 17.0. The molecule has 0 aliphatic carbocycles. The topological polar surface area (TPSA) is 60.3 Å². The van der Waals surface area contributed by atoms with E-state index in [0.29, 0.717) is 21.4 Å². The van der Waals surface area contributed by atoms with Gasteiger partial charge in [-0.3, -0.25) is 4.79 Å². The van der Waals surface area contributed by atoms with Crippen molar-refractivity contribution in [3.05, 3.63) is 69.1 Å². The van der Waals surface area contributed by atoms with E-state index >= 15 is 0 Å². The molecule has 0 bridgehead atoms. The molecule has 0 saturated heterocycles. The zero-order chi connectivity index (χ0) is 18.1. The van der Waals surface area contributed by atoms with E-state index in [-0.39, 0.29) is 11.3 Å². The van der Waals surface area contributed by atoms with Crippen molar-refractivity contribution in [2.24, 2.45) is 0 Å². The summed E-state index contributed by atoms with van der Waals surface area (Å²) in [6.07, 6.45) is 0. The number of hydrogen-bond donors (Lipinski definition) is 1. The quantitative estimate of drug-likeness (QED) is 0.728. The van der Waals surface area contributed by atoms with Gasteiger partial charge in [0.15, 0.2) is 5.69 Å². The minimum atomic E-state index is -0.607. The molecular weight excluding hydrogens is 340 g/mol. The Balaban J connectivity index is 2.55. The summed E-state index contributed by atoms with van der Waals surface area (Å²) in [6.45, 7) is 1.98. The summed E-state index contributed by atoms with van der Waals surface area (Å²) >= 11 is 6.15. The zero-order valence-electron chi connectivity index (χ0n) is 14.1. The van der Waals surface area contributed by atoms with Crippen LogP contribution in [0.15, 0.2) is 47.3 Å². The molecule has 1 aromatic heterocycles. The molecule has 1 N–H and O–H groups in total. The van der Waals surface area contributed by atoms with Gasteiger partial charge in [-0.25, -0.2) is 9.47 Å². The Bertz CT molecular complexity index is 1020. The van der Waals surface area contributed by atoms with Gasteiger partial charge in [0.25, 0.3) is 5.56 Å². The third-order valence-electron chi connectivity index (χ3n) is 4.09. The van der Waals surface area contributed by atoms with Crippen LogP contribution in [0, 0.1) is 6.92 Å². The summed E-state index contributed by atoms with van der Waals surface area (Å²) in [4.78, 5) is 25.3. The average molecular weight is 357 g/mol. The van der Waals surface area contributed by atoms with Gasteiger partial charge in [0.05, 0.1) is 7.11 Å². The number of nitrogens with one attached hydrogen (secondary N) is 1. The smallest absolute Gasteiger partial charge is 0.357 e. The van der Waals surface area contributed by atoms with Crippen LogP contribution in [0.1, 0.15) is 16.1 Å². The van der Waals surface area contributed by atoms with Gasteiger partial charge in [-0.05, 0) is 36.1 Å². The molecule has 0 radical (unpaired) electrons. The van der Waals surface area contributed by atoms with Crippen LogP contribution in [0.4, 0.5) is 0 Å². The fraction of sp³-hybridized carbons (Fsp3) is 0.158. The maximum Gasteiger partial charge on any atom is 0.357 e. The standard InChI is InChI=1S/C19H17ClN2O3/c1-11-4-6-12(7-5-11)16-15-10-13(20)8-9-14(15)18(23)22(21-2)17(16)19(24)25-3/h4-10,21H,1-3H3. The molecule has 0 aliphatic heterocycles. The number of halogens is 1. The van der Waals surface area contributed by atoms with E-state index in [0.717, 1.165) is 11.1 Å². The number of aryl methyl sites for hydroxylation is 1. The Hall–Kier alpha value is -2.79. The largest absolute Gasteiger partial charge is 0.464 e. The van der Waals surface area contributed by atoms with Gasteiger partial charge in [0.2, 0.25) is 0 Å². The summed E-state index contributed by atoms with van der Waals surface area (Å²) in [6, 6.07) is 12.7. The highest BCUT2D eigenvalue weighted by Crippen LogP contribution is 2.32. The summed E-state index contributed by atoms with van der Waals surface area (Å²) in [5.41, 5.74) is 5.05. The summed E-state index contributed by atoms with van der Waals surface area (Å²) in [5, 5.41) is 1.55. The molecule has 0 aliphatic rings. The molecular formula is C19H17ClN2O3. The minimum absolute atomic E-state index is 0.133. The summed E-state index contributed by atoms with van der Waals surface area (Å²) < 4.78 is 6.13. The van der Waals surface area contributed by atoms with E-state index < -0.39 is 5.97 Å². The number of carbonyl (C=O) groups is 1. The van der Waals surface area contributed by atoms with Crippen molar-refractivity contribution in [3.63, 3.8) is 0 Å². The number of carbonyl (C=O) groups excluding carboxylic acids is 1. The Labute approximate surface area is 149 Å². The Morgan fingerprint density at radius 1 is 1.12 bits per heavy atom. The normalized spacial score (nSPS) is 10.7. The van der Waals surface area contributed by atoms with Crippen molar-refractivity contribution < 1.29 is 9.53 Å². The van der Waals surface area contributed by atoms with Gasteiger partial charge in [-0.2, -0.15) is 0 Å². The molecule has 0 atom stereocenters. The number of methoxy groups -OCH3 is 1. The number of nitrogens with zero attached hydrogens (tertiary/aromatic N) is 1. The van der Waals surface area contributed by atoms with Gasteiger partial charge >= 0.3 is 5.97 Å². The van der Waals surface area contributed by atoms with Gasteiger partial charge in [0, 0.05) is 23.0 Å². The molecule has 0 fully saturated rings. The van der Waals surface area contributed by atoms with Crippen LogP contribution in [0.3, 0.4) is 0 Å². The van der Waals surface area contributed by atoms with Gasteiger partial charge < -0.3 is 10.2 Å². The van der Waals surface area contributed by atoms with Crippen LogP contribution in [-0.4, -0.2) is 24.8 Å². The van der Waals surface area contributed by atoms with E-state index in [1.807, 2.05) is 31.2 Å². The first-order valence-electron chi connectivity index (χ1n) is 7.69. The highest BCUT2D eigenvalue weighted by atomic mass is 35.5. The van der Waals surface area contributed by atoms with Gasteiger partial charge in [0.1, 0.15) is 0 Å². The third kappa shape index (κ3) is 2.87. The van der Waals surface area contributed by atoms with Crippen LogP contribution in [0.2, 0.25) is 5.02 Å². The molecule has 3 aromatic rings. The molecule has 1 heterocycles. The van der Waals surface area contributed by atoms with Gasteiger partial charge in [-0.1, -0.05) is 41.4 Å². The number of benzene rings is 2. The highest BCUT2D eigenvalue weighted by molar-refractivity contribution is 6.31. The number of ether oxygens (including phenoxy) is 1. The lowest BCUT2D eigenvalue weighted by molar-refractivity contribution is 0.0590. The maximum absolute atomic E-state index is 12.8. The van der Waals surface area contributed by atoms with E-state index in [1.54, 1.807) is 25.2 Å². The third-order valence-corrected chi connectivity index (χ3v) is 4.32. The van der Waals surface area contributed by atoms with E-state index in [4.69, 9.17) is 16.3 Å². The number of hydrogen-bond acceptors (Lipinski definition) is 4. The molecule has 25 heavy (non-hydrogen) atoms. The Morgan fingerprint density at radius 3 is 2.40 bits per heavy atom. The van der Waals surface area contributed by atoms with Crippen molar-refractivity contribution in [3.8, 4) is 11.1 Å². The average Bonchev–Trinajstić information content (AvgIpc) is 2.61. The lowest BCUT2D eigenvalue weighted by Crippen LogP contribution is -2.33. The predicted molar refractivity (Wildman–Crippen MR) is 100 cm³/mol. The van der Waals surface area contributed by atoms with E-state index in [9.17, 15) is 9.59 Å². The Morgan fingerprint density at radius 2 is 1.80 bits per heavy atom. The molecule has 2 aromatic carbocycles. The van der Waals surface area contributed by atoms with Crippen LogP contribution < -0.4 is 11.0 Å². The molecule has 128 valence electrons. The van der Waals surface area contributed by atoms with Crippen LogP contribution >= 0.6 is 11.6 Å². The van der Waals surface area contributed by atoms with E-state index in [2.05, 4.69) is 5.43 Å². The van der Waals surface area contributed by atoms with Crippen molar-refractivity contribution in [1.82, 2.24) is 4.68 Å². The molecule has 3 rings (SSSR count). The minimum Gasteiger partial charge on any atom is -0.464 e. The van der Waals surface area contributed by atoms with Crippen molar-refractivity contribution >= 4 is 28.3 Å². The number of aromatic nitrogens is 1. The lowest BCUT2D eigenvalue weighted by atomic mass is 9.96. The van der Waals surface area contributed by atoms with Crippen LogP contribution in [-0.2, 0) is 4.74 Å². The number of rotatable bonds is 3. The molecule has 0 spiro atoms. The molecule has 0 unspecified atom stereocenters. The SMILES string of the molecule is CNn1c(C(=O)OC)c(-c2ccc(C)cc2)c2cc(Cl)ccc2c1=O. The number of pyridine rings is 1. The molecule has 5 nitrogen and oxygen atoms in total. The fourth-order valence-corrected chi connectivity index (χ4v) is 3.06. The second-order valence-corrected chi connectivity index (χ2v) is 6.07. The van der Waals surface area contributed by atoms with E-state index in [1.165, 1.54) is 11.8 Å². The summed E-state index contributed by atoms with van der Waals surface area (Å²) in [7, 11) is 2.86. The van der Waals surface area contributed by atoms with Crippen molar-refractivity contribution in [2.75, 3.05) is 19.6 Å².